The molecule has 0 radical (unpaired) electrons. The van der Waals surface area contributed by atoms with Gasteiger partial charge in [0.05, 0.1) is 12.5 Å². The molecule has 8 heteroatoms. The maximum Gasteiger partial charge on any atom is 0.317 e. The fraction of sp³-hybridized carbons (Fsp3) is 0.684. The molecule has 1 saturated heterocycles. The van der Waals surface area contributed by atoms with Gasteiger partial charge < -0.3 is 19.3 Å². The van der Waals surface area contributed by atoms with Crippen LogP contribution in [-0.2, 0) is 13.0 Å². The Balaban J connectivity index is 1.53. The first kappa shape index (κ1) is 19.4. The van der Waals surface area contributed by atoms with Gasteiger partial charge in [0, 0.05) is 31.5 Å². The van der Waals surface area contributed by atoms with Crippen molar-refractivity contribution < 1.29 is 13.8 Å². The number of hydrogen-bond acceptors (Lipinski definition) is 6. The molecule has 27 heavy (non-hydrogen) atoms. The lowest BCUT2D eigenvalue weighted by Gasteiger charge is -2.30. The number of piperidine rings is 1. The van der Waals surface area contributed by atoms with Gasteiger partial charge in [0.15, 0.2) is 5.82 Å². The molecular formula is C19H29N5O3. The molecule has 2 amide bonds. The van der Waals surface area contributed by atoms with Crippen LogP contribution in [0.25, 0.3) is 0 Å². The van der Waals surface area contributed by atoms with Gasteiger partial charge >= 0.3 is 6.03 Å². The Hall–Kier alpha value is -2.38. The van der Waals surface area contributed by atoms with Gasteiger partial charge in [-0.05, 0) is 18.8 Å². The predicted octanol–water partition coefficient (Wildman–Crippen LogP) is 3.47. The van der Waals surface area contributed by atoms with Crippen molar-refractivity contribution in [3.8, 4) is 0 Å². The molecule has 0 aromatic carbocycles. The Morgan fingerprint density at radius 1 is 1.30 bits per heavy atom. The number of nitrogens with one attached hydrogen (secondary N) is 1. The van der Waals surface area contributed by atoms with Gasteiger partial charge in [-0.25, -0.2) is 4.79 Å². The van der Waals surface area contributed by atoms with Crippen molar-refractivity contribution in [1.82, 2.24) is 25.5 Å². The molecule has 1 atom stereocenters. The van der Waals surface area contributed by atoms with Gasteiger partial charge in [-0.15, -0.1) is 0 Å². The van der Waals surface area contributed by atoms with E-state index < -0.39 is 0 Å². The normalized spacial score (nSPS) is 17.7. The number of urea groups is 1. The van der Waals surface area contributed by atoms with Gasteiger partial charge in [-0.1, -0.05) is 38.0 Å². The van der Waals surface area contributed by atoms with Gasteiger partial charge in [-0.3, -0.25) is 0 Å². The van der Waals surface area contributed by atoms with Crippen LogP contribution in [0.1, 0.15) is 75.5 Å². The van der Waals surface area contributed by atoms with Crippen LogP contribution in [0.3, 0.4) is 0 Å². The first-order valence-corrected chi connectivity index (χ1v) is 9.73. The highest BCUT2D eigenvalue weighted by Gasteiger charge is 2.28. The van der Waals surface area contributed by atoms with Crippen LogP contribution in [0.4, 0.5) is 4.79 Å². The molecule has 8 nitrogen and oxygen atoms in total. The SMILES string of the molecule is CC(C)Cc1noc(C2CCCN(C(=O)NCc3cc(C(C)C)on3)C2)n1. The summed E-state index contributed by atoms with van der Waals surface area (Å²) in [6.07, 6.45) is 2.67. The largest absolute Gasteiger partial charge is 0.361 e. The number of hydrogen-bond donors (Lipinski definition) is 1. The van der Waals surface area contributed by atoms with Crippen LogP contribution in [0.5, 0.6) is 0 Å². The highest BCUT2D eigenvalue weighted by Crippen LogP contribution is 2.26. The van der Waals surface area contributed by atoms with E-state index in [0.29, 0.717) is 24.9 Å². The van der Waals surface area contributed by atoms with E-state index in [-0.39, 0.29) is 17.9 Å². The lowest BCUT2D eigenvalue weighted by atomic mass is 9.98. The van der Waals surface area contributed by atoms with Crippen LogP contribution in [0.2, 0.25) is 0 Å². The van der Waals surface area contributed by atoms with Crippen molar-refractivity contribution in [2.45, 2.75) is 65.3 Å². The van der Waals surface area contributed by atoms with Crippen LogP contribution in [-0.4, -0.2) is 39.3 Å². The smallest absolute Gasteiger partial charge is 0.317 e. The Morgan fingerprint density at radius 2 is 2.11 bits per heavy atom. The molecule has 0 spiro atoms. The third-order valence-electron chi connectivity index (χ3n) is 4.70. The molecule has 1 fully saturated rings. The van der Waals surface area contributed by atoms with Crippen molar-refractivity contribution in [3.05, 3.63) is 29.2 Å². The van der Waals surface area contributed by atoms with Crippen molar-refractivity contribution in [3.63, 3.8) is 0 Å². The van der Waals surface area contributed by atoms with Gasteiger partial charge in [0.1, 0.15) is 11.5 Å². The number of nitrogens with zero attached hydrogens (tertiary/aromatic N) is 4. The summed E-state index contributed by atoms with van der Waals surface area (Å²) in [6, 6.07) is 1.79. The van der Waals surface area contributed by atoms with E-state index in [1.165, 1.54) is 0 Å². The second-order valence-electron chi connectivity index (χ2n) is 7.97. The minimum Gasteiger partial charge on any atom is -0.361 e. The Labute approximate surface area is 159 Å². The summed E-state index contributed by atoms with van der Waals surface area (Å²) in [4.78, 5) is 18.9. The summed E-state index contributed by atoms with van der Waals surface area (Å²) in [5.74, 6) is 3.06. The third kappa shape index (κ3) is 5.08. The van der Waals surface area contributed by atoms with Gasteiger partial charge in [0.2, 0.25) is 5.89 Å². The summed E-state index contributed by atoms with van der Waals surface area (Å²) in [6.45, 7) is 10.0. The van der Waals surface area contributed by atoms with Gasteiger partial charge in [0.25, 0.3) is 0 Å². The van der Waals surface area contributed by atoms with Crippen LogP contribution in [0, 0.1) is 5.92 Å². The van der Waals surface area contributed by atoms with E-state index >= 15 is 0 Å². The number of aromatic nitrogens is 3. The molecule has 0 saturated carbocycles. The lowest BCUT2D eigenvalue weighted by molar-refractivity contribution is 0.171. The molecule has 0 aliphatic carbocycles. The summed E-state index contributed by atoms with van der Waals surface area (Å²) in [5.41, 5.74) is 0.732. The maximum absolute atomic E-state index is 12.5. The third-order valence-corrected chi connectivity index (χ3v) is 4.70. The summed E-state index contributed by atoms with van der Waals surface area (Å²) >= 11 is 0. The van der Waals surface area contributed by atoms with Crippen LogP contribution >= 0.6 is 0 Å². The topological polar surface area (TPSA) is 97.3 Å². The average Bonchev–Trinajstić information content (AvgIpc) is 3.29. The number of carbonyl (C=O) groups excluding carboxylic acids is 1. The quantitative estimate of drug-likeness (QED) is 0.830. The molecule has 1 unspecified atom stereocenters. The second kappa shape index (κ2) is 8.54. The fourth-order valence-corrected chi connectivity index (χ4v) is 3.21. The number of amides is 2. The van der Waals surface area contributed by atoms with Crippen molar-refractivity contribution in [2.24, 2.45) is 5.92 Å². The highest BCUT2D eigenvalue weighted by molar-refractivity contribution is 5.74. The molecule has 2 aromatic heterocycles. The first-order chi connectivity index (χ1) is 12.9. The zero-order chi connectivity index (χ0) is 19.4. The molecule has 1 N–H and O–H groups in total. The molecule has 1 aliphatic heterocycles. The monoisotopic (exact) mass is 375 g/mol. The zero-order valence-corrected chi connectivity index (χ0v) is 16.6. The number of likely N-dealkylation sites (tertiary alicyclic amines) is 1. The molecule has 3 rings (SSSR count). The van der Waals surface area contributed by atoms with Crippen LogP contribution in [0.15, 0.2) is 15.1 Å². The Bertz CT molecular complexity index is 752. The summed E-state index contributed by atoms with van der Waals surface area (Å²) in [5, 5.41) is 11.0. The van der Waals surface area contributed by atoms with Crippen molar-refractivity contribution in [1.29, 1.82) is 0 Å². The van der Waals surface area contributed by atoms with E-state index in [9.17, 15) is 4.79 Å². The number of rotatable bonds is 6. The van der Waals surface area contributed by atoms with Crippen molar-refractivity contribution >= 4 is 6.03 Å². The summed E-state index contributed by atoms with van der Waals surface area (Å²) in [7, 11) is 0. The minimum atomic E-state index is -0.101. The molecule has 3 heterocycles. The Kier molecular flexibility index (Phi) is 6.13. The zero-order valence-electron chi connectivity index (χ0n) is 16.6. The molecule has 0 bridgehead atoms. The average molecular weight is 375 g/mol. The second-order valence-corrected chi connectivity index (χ2v) is 7.97. The van der Waals surface area contributed by atoms with Gasteiger partial charge in [-0.2, -0.15) is 4.98 Å². The predicted molar refractivity (Wildman–Crippen MR) is 99.2 cm³/mol. The standard InChI is InChI=1S/C19H29N5O3/c1-12(2)8-17-21-18(27-23-17)14-6-5-7-24(11-14)19(25)20-10-15-9-16(13(3)4)26-22-15/h9,12-14H,5-8,10-11H2,1-4H3,(H,20,25). The van der Waals surface area contributed by atoms with Crippen molar-refractivity contribution in [2.75, 3.05) is 13.1 Å². The minimum absolute atomic E-state index is 0.0949. The molecule has 2 aromatic rings. The Morgan fingerprint density at radius 3 is 2.81 bits per heavy atom. The van der Waals surface area contributed by atoms with E-state index in [1.807, 2.05) is 24.8 Å². The van der Waals surface area contributed by atoms with E-state index in [2.05, 4.69) is 34.5 Å². The lowest BCUT2D eigenvalue weighted by Crippen LogP contribution is -2.44. The molecule has 1 aliphatic rings. The van der Waals surface area contributed by atoms with E-state index in [4.69, 9.17) is 9.05 Å². The summed E-state index contributed by atoms with van der Waals surface area (Å²) < 4.78 is 10.7. The molecule has 148 valence electrons. The fourth-order valence-electron chi connectivity index (χ4n) is 3.21. The van der Waals surface area contributed by atoms with E-state index in [0.717, 1.165) is 43.1 Å². The first-order valence-electron chi connectivity index (χ1n) is 9.73. The molecular weight excluding hydrogens is 346 g/mol. The van der Waals surface area contributed by atoms with Crippen LogP contribution < -0.4 is 5.32 Å². The number of carbonyl (C=O) groups is 1. The highest BCUT2D eigenvalue weighted by atomic mass is 16.5. The maximum atomic E-state index is 12.5. The van der Waals surface area contributed by atoms with E-state index in [1.54, 1.807) is 0 Å².